The third-order valence-electron chi connectivity index (χ3n) is 4.20. The summed E-state index contributed by atoms with van der Waals surface area (Å²) in [5.41, 5.74) is 1.62. The number of benzene rings is 3. The molecule has 1 N–H and O–H groups in total. The van der Waals surface area contributed by atoms with Gasteiger partial charge in [0.05, 0.1) is 12.7 Å². The van der Waals surface area contributed by atoms with Crippen molar-refractivity contribution in [3.8, 4) is 5.75 Å². The Morgan fingerprint density at radius 2 is 1.70 bits per heavy atom. The summed E-state index contributed by atoms with van der Waals surface area (Å²) < 4.78 is 5.40. The van der Waals surface area contributed by atoms with Crippen LogP contribution in [-0.2, 0) is 6.42 Å². The molecule has 0 saturated carbocycles. The Balaban J connectivity index is 1.55. The maximum atomic E-state index is 12.8. The Morgan fingerprint density at radius 3 is 2.44 bits per heavy atom. The zero-order chi connectivity index (χ0) is 18.6. The highest BCUT2D eigenvalue weighted by Crippen LogP contribution is 2.27. The summed E-state index contributed by atoms with van der Waals surface area (Å²) in [4.78, 5) is 12.8. The number of anilines is 1. The lowest BCUT2D eigenvalue weighted by atomic mass is 10.1. The molecule has 0 aliphatic heterocycles. The van der Waals surface area contributed by atoms with Gasteiger partial charge in [-0.15, -0.1) is 10.2 Å². The fraction of sp³-hybridized carbons (Fsp3) is 0.0952. The van der Waals surface area contributed by atoms with Gasteiger partial charge >= 0.3 is 0 Å². The molecule has 3 aromatic carbocycles. The Morgan fingerprint density at radius 1 is 1.00 bits per heavy atom. The first-order valence-corrected chi connectivity index (χ1v) is 9.29. The summed E-state index contributed by atoms with van der Waals surface area (Å²) in [6, 6.07) is 21.6. The van der Waals surface area contributed by atoms with E-state index in [1.54, 1.807) is 7.11 Å². The fourth-order valence-corrected chi connectivity index (χ4v) is 3.65. The minimum atomic E-state index is -0.264. The number of carbonyl (C=O) groups is 1. The van der Waals surface area contributed by atoms with Crippen LogP contribution in [0.2, 0.25) is 0 Å². The predicted octanol–water partition coefficient (Wildman–Crippen LogP) is 4.54. The van der Waals surface area contributed by atoms with Gasteiger partial charge in [-0.2, -0.15) is 0 Å². The molecule has 0 radical (unpaired) electrons. The Hall–Kier alpha value is -3.25. The third kappa shape index (κ3) is 3.80. The van der Waals surface area contributed by atoms with Gasteiger partial charge in [0.15, 0.2) is 0 Å². The van der Waals surface area contributed by atoms with Crippen LogP contribution in [0, 0.1) is 0 Å². The number of methoxy groups -OCH3 is 1. The first-order chi connectivity index (χ1) is 13.2. The van der Waals surface area contributed by atoms with Crippen LogP contribution in [0.3, 0.4) is 0 Å². The summed E-state index contributed by atoms with van der Waals surface area (Å²) in [6.07, 6.45) is 0.688. The van der Waals surface area contributed by atoms with E-state index in [4.69, 9.17) is 4.74 Å². The first kappa shape index (κ1) is 17.2. The Kier molecular flexibility index (Phi) is 4.80. The van der Waals surface area contributed by atoms with Crippen LogP contribution < -0.4 is 10.1 Å². The number of fused-ring (bicyclic) bond motifs is 1. The van der Waals surface area contributed by atoms with Gasteiger partial charge in [-0.3, -0.25) is 10.1 Å². The molecule has 5 nitrogen and oxygen atoms in total. The van der Waals surface area contributed by atoms with Gasteiger partial charge in [0, 0.05) is 6.42 Å². The van der Waals surface area contributed by atoms with Gasteiger partial charge in [-0.1, -0.05) is 65.9 Å². The monoisotopic (exact) mass is 375 g/mol. The van der Waals surface area contributed by atoms with Gasteiger partial charge < -0.3 is 4.74 Å². The molecule has 1 aromatic heterocycles. The maximum absolute atomic E-state index is 12.8. The zero-order valence-corrected chi connectivity index (χ0v) is 15.5. The van der Waals surface area contributed by atoms with Crippen molar-refractivity contribution < 1.29 is 9.53 Å². The number of hydrogen-bond acceptors (Lipinski definition) is 5. The van der Waals surface area contributed by atoms with E-state index in [1.165, 1.54) is 11.3 Å². The van der Waals surface area contributed by atoms with Crippen molar-refractivity contribution in [2.75, 3.05) is 12.4 Å². The topological polar surface area (TPSA) is 64.1 Å². The van der Waals surface area contributed by atoms with Crippen LogP contribution in [0.15, 0.2) is 66.7 Å². The molecule has 0 bridgehead atoms. The highest BCUT2D eigenvalue weighted by atomic mass is 32.1. The van der Waals surface area contributed by atoms with Crippen molar-refractivity contribution in [1.82, 2.24) is 10.2 Å². The number of carbonyl (C=O) groups excluding carboxylic acids is 1. The SMILES string of the molecule is COc1cc2ccccc2cc1C(=O)Nc1nnc(Cc2ccccc2)s1. The second kappa shape index (κ2) is 7.55. The van der Waals surface area contributed by atoms with Crippen molar-refractivity contribution in [3.63, 3.8) is 0 Å². The van der Waals surface area contributed by atoms with E-state index in [9.17, 15) is 4.79 Å². The molecule has 0 saturated heterocycles. The minimum Gasteiger partial charge on any atom is -0.496 e. The average molecular weight is 375 g/mol. The molecule has 134 valence electrons. The summed E-state index contributed by atoms with van der Waals surface area (Å²) >= 11 is 1.37. The maximum Gasteiger partial charge on any atom is 0.261 e. The average Bonchev–Trinajstić information content (AvgIpc) is 3.14. The summed E-state index contributed by atoms with van der Waals surface area (Å²) in [5, 5.41) is 14.4. The lowest BCUT2D eigenvalue weighted by Crippen LogP contribution is -2.13. The van der Waals surface area contributed by atoms with Crippen LogP contribution >= 0.6 is 11.3 Å². The highest BCUT2D eigenvalue weighted by Gasteiger charge is 2.16. The molecular weight excluding hydrogens is 358 g/mol. The molecule has 0 aliphatic rings. The van der Waals surface area contributed by atoms with Gasteiger partial charge in [-0.25, -0.2) is 0 Å². The van der Waals surface area contributed by atoms with E-state index in [0.29, 0.717) is 22.9 Å². The number of hydrogen-bond donors (Lipinski definition) is 1. The number of nitrogens with one attached hydrogen (secondary N) is 1. The van der Waals surface area contributed by atoms with E-state index in [-0.39, 0.29) is 5.91 Å². The standard InChI is InChI=1S/C21H17N3O2S/c1-26-18-13-16-10-6-5-9-15(16)12-17(18)20(25)22-21-24-23-19(27-21)11-14-7-3-2-4-8-14/h2-10,12-13H,11H2,1H3,(H,22,24,25). The molecule has 4 rings (SSSR count). The molecule has 6 heteroatoms. The predicted molar refractivity (Wildman–Crippen MR) is 108 cm³/mol. The number of aromatic nitrogens is 2. The Labute approximate surface area is 160 Å². The van der Waals surface area contributed by atoms with Crippen molar-refractivity contribution in [1.29, 1.82) is 0 Å². The number of ether oxygens (including phenoxy) is 1. The van der Waals surface area contributed by atoms with Gasteiger partial charge in [0.2, 0.25) is 5.13 Å². The van der Waals surface area contributed by atoms with Crippen LogP contribution in [-0.4, -0.2) is 23.2 Å². The van der Waals surface area contributed by atoms with Crippen LogP contribution in [0.1, 0.15) is 20.9 Å². The number of rotatable bonds is 5. The lowest BCUT2D eigenvalue weighted by molar-refractivity contribution is 0.102. The lowest BCUT2D eigenvalue weighted by Gasteiger charge is -2.09. The molecule has 4 aromatic rings. The molecule has 0 aliphatic carbocycles. The summed E-state index contributed by atoms with van der Waals surface area (Å²) in [7, 11) is 1.56. The molecule has 1 amide bonds. The molecule has 0 unspecified atom stereocenters. The van der Waals surface area contributed by atoms with Crippen LogP contribution in [0.5, 0.6) is 5.75 Å². The number of nitrogens with zero attached hydrogens (tertiary/aromatic N) is 2. The van der Waals surface area contributed by atoms with Crippen LogP contribution in [0.4, 0.5) is 5.13 Å². The van der Waals surface area contributed by atoms with Gasteiger partial charge in [0.1, 0.15) is 10.8 Å². The quantitative estimate of drug-likeness (QED) is 0.556. The molecule has 1 heterocycles. The summed E-state index contributed by atoms with van der Waals surface area (Å²) in [6.45, 7) is 0. The fourth-order valence-electron chi connectivity index (χ4n) is 2.88. The first-order valence-electron chi connectivity index (χ1n) is 8.47. The van der Waals surface area contributed by atoms with Gasteiger partial charge in [-0.05, 0) is 28.5 Å². The highest BCUT2D eigenvalue weighted by molar-refractivity contribution is 7.15. The smallest absolute Gasteiger partial charge is 0.261 e. The minimum absolute atomic E-state index is 0.264. The van der Waals surface area contributed by atoms with Crippen molar-refractivity contribution in [2.45, 2.75) is 6.42 Å². The van der Waals surface area contributed by atoms with E-state index in [0.717, 1.165) is 21.3 Å². The second-order valence-electron chi connectivity index (χ2n) is 6.02. The van der Waals surface area contributed by atoms with E-state index in [1.807, 2.05) is 66.7 Å². The molecule has 0 fully saturated rings. The van der Waals surface area contributed by atoms with Gasteiger partial charge in [0.25, 0.3) is 5.91 Å². The van der Waals surface area contributed by atoms with Crippen molar-refractivity contribution in [3.05, 3.63) is 82.9 Å². The summed E-state index contributed by atoms with van der Waals surface area (Å²) in [5.74, 6) is 0.264. The molecular formula is C21H17N3O2S. The van der Waals surface area contributed by atoms with Crippen molar-refractivity contribution >= 4 is 33.1 Å². The van der Waals surface area contributed by atoms with E-state index in [2.05, 4.69) is 15.5 Å². The largest absolute Gasteiger partial charge is 0.496 e. The zero-order valence-electron chi connectivity index (χ0n) is 14.7. The van der Waals surface area contributed by atoms with E-state index >= 15 is 0 Å². The molecule has 0 spiro atoms. The third-order valence-corrected chi connectivity index (χ3v) is 5.04. The van der Waals surface area contributed by atoms with Crippen molar-refractivity contribution in [2.24, 2.45) is 0 Å². The normalized spacial score (nSPS) is 10.7. The second-order valence-corrected chi connectivity index (χ2v) is 7.08. The number of amides is 1. The Bertz CT molecular complexity index is 1090. The molecule has 0 atom stereocenters. The van der Waals surface area contributed by atoms with E-state index < -0.39 is 0 Å². The van der Waals surface area contributed by atoms with Crippen LogP contribution in [0.25, 0.3) is 10.8 Å². The molecule has 27 heavy (non-hydrogen) atoms.